The predicted octanol–water partition coefficient (Wildman–Crippen LogP) is 5.67. The number of carbonyl (C=O) groups excluding carboxylic acids is 1. The monoisotopic (exact) mass is 549 g/mol. The Morgan fingerprint density at radius 2 is 1.87 bits per heavy atom. The lowest BCUT2D eigenvalue weighted by Gasteiger charge is -2.28. The number of halogens is 1. The summed E-state index contributed by atoms with van der Waals surface area (Å²) in [6.07, 6.45) is 2.53. The van der Waals surface area contributed by atoms with Crippen molar-refractivity contribution in [1.29, 1.82) is 0 Å². The van der Waals surface area contributed by atoms with Crippen LogP contribution in [0.2, 0.25) is 5.15 Å². The van der Waals surface area contributed by atoms with Crippen molar-refractivity contribution in [1.82, 2.24) is 35.5 Å². The Morgan fingerprint density at radius 3 is 2.51 bits per heavy atom. The van der Waals surface area contributed by atoms with Crippen LogP contribution in [0.1, 0.15) is 56.8 Å². The number of H-pyrrole nitrogens is 2. The minimum absolute atomic E-state index is 0.0699. The number of benzene rings is 2. The summed E-state index contributed by atoms with van der Waals surface area (Å²) in [6, 6.07) is 15.7. The van der Waals surface area contributed by atoms with Gasteiger partial charge < -0.3 is 9.72 Å². The minimum Gasteiger partial charge on any atom is -0.454 e. The molecular formula is C29H36ClN7O2. The molecule has 0 aliphatic rings. The van der Waals surface area contributed by atoms with Crippen molar-refractivity contribution >= 4 is 17.6 Å². The summed E-state index contributed by atoms with van der Waals surface area (Å²) >= 11 is 6.61. The SMILES string of the molecule is CCCCc1nc(Cl)c([C@@H](Cc2ccc(-c3ccccc3)c(-c3nn[nH]n3)c2)OC(=O)[C@@H](C(C)C)N(C)C)[nH]1. The highest BCUT2D eigenvalue weighted by atomic mass is 35.5. The highest BCUT2D eigenvalue weighted by Crippen LogP contribution is 2.34. The minimum atomic E-state index is -0.658. The maximum Gasteiger partial charge on any atom is 0.324 e. The second kappa shape index (κ2) is 13.0. The maximum absolute atomic E-state index is 13.4. The van der Waals surface area contributed by atoms with Crippen molar-refractivity contribution in [2.45, 2.75) is 58.6 Å². The number of aryl methyl sites for hydroxylation is 1. The number of tetrazole rings is 1. The van der Waals surface area contributed by atoms with Crippen molar-refractivity contribution in [2.75, 3.05) is 14.1 Å². The Morgan fingerprint density at radius 1 is 1.10 bits per heavy atom. The van der Waals surface area contributed by atoms with Crippen LogP contribution in [0.5, 0.6) is 0 Å². The quantitative estimate of drug-likeness (QED) is 0.219. The van der Waals surface area contributed by atoms with Crippen LogP contribution in [0.25, 0.3) is 22.5 Å². The van der Waals surface area contributed by atoms with Gasteiger partial charge in [0.05, 0.1) is 5.69 Å². The molecule has 0 unspecified atom stereocenters. The third kappa shape index (κ3) is 6.91. The summed E-state index contributed by atoms with van der Waals surface area (Å²) in [7, 11) is 3.76. The van der Waals surface area contributed by atoms with E-state index in [1.54, 1.807) is 0 Å². The van der Waals surface area contributed by atoms with Gasteiger partial charge in [0, 0.05) is 18.4 Å². The van der Waals surface area contributed by atoms with E-state index in [-0.39, 0.29) is 11.9 Å². The maximum atomic E-state index is 13.4. The molecule has 0 aliphatic carbocycles. The van der Waals surface area contributed by atoms with Crippen LogP contribution in [0.15, 0.2) is 48.5 Å². The van der Waals surface area contributed by atoms with Gasteiger partial charge in [-0.3, -0.25) is 9.69 Å². The molecule has 2 aromatic heterocycles. The largest absolute Gasteiger partial charge is 0.454 e. The lowest BCUT2D eigenvalue weighted by molar-refractivity contribution is -0.156. The predicted molar refractivity (Wildman–Crippen MR) is 152 cm³/mol. The molecule has 0 saturated carbocycles. The average molecular weight is 550 g/mol. The van der Waals surface area contributed by atoms with E-state index in [9.17, 15) is 4.79 Å². The van der Waals surface area contributed by atoms with Gasteiger partial charge in [-0.25, -0.2) is 4.98 Å². The number of esters is 1. The molecule has 2 atom stereocenters. The fraction of sp³-hybridized carbons (Fsp3) is 0.414. The highest BCUT2D eigenvalue weighted by molar-refractivity contribution is 6.30. The number of aromatic nitrogens is 6. The number of hydrogen-bond donors (Lipinski definition) is 2. The Kier molecular flexibility index (Phi) is 9.48. The number of imidazole rings is 1. The number of rotatable bonds is 12. The normalized spacial score (nSPS) is 13.1. The average Bonchev–Trinajstić information content (AvgIpc) is 3.57. The van der Waals surface area contributed by atoms with Gasteiger partial charge in [-0.15, -0.1) is 10.2 Å². The summed E-state index contributed by atoms with van der Waals surface area (Å²) in [4.78, 5) is 23.2. The Labute approximate surface area is 234 Å². The first-order valence-electron chi connectivity index (χ1n) is 13.3. The van der Waals surface area contributed by atoms with Gasteiger partial charge in [0.2, 0.25) is 5.82 Å². The fourth-order valence-corrected chi connectivity index (χ4v) is 5.12. The molecule has 10 heteroatoms. The second-order valence-corrected chi connectivity index (χ2v) is 10.6. The number of carbonyl (C=O) groups is 1. The molecule has 0 radical (unpaired) electrons. The van der Waals surface area contributed by atoms with E-state index in [0.29, 0.717) is 23.1 Å². The second-order valence-electron chi connectivity index (χ2n) is 10.3. The topological polar surface area (TPSA) is 113 Å². The summed E-state index contributed by atoms with van der Waals surface area (Å²) in [5.41, 5.74) is 4.37. The lowest BCUT2D eigenvalue weighted by atomic mass is 9.94. The molecule has 2 aromatic carbocycles. The summed E-state index contributed by atoms with van der Waals surface area (Å²) < 4.78 is 6.18. The smallest absolute Gasteiger partial charge is 0.324 e. The van der Waals surface area contributed by atoms with E-state index in [2.05, 4.69) is 37.5 Å². The molecule has 2 heterocycles. The molecule has 39 heavy (non-hydrogen) atoms. The molecule has 0 aliphatic heterocycles. The van der Waals surface area contributed by atoms with E-state index < -0.39 is 12.1 Å². The van der Waals surface area contributed by atoms with Gasteiger partial charge in [0.15, 0.2) is 5.15 Å². The standard InChI is InChI=1S/C29H36ClN7O2/c1-6-7-13-24-31-25(27(30)32-24)23(39-29(38)26(18(2)3)37(4)5)17-19-14-15-21(20-11-9-8-10-12-20)22(16-19)28-33-35-36-34-28/h8-12,14-16,18,23,26H,6-7,13,17H2,1-5H3,(H,31,32)(H,33,34,35,36)/t23-,26-/m1/s1. The lowest BCUT2D eigenvalue weighted by Crippen LogP contribution is -2.41. The van der Waals surface area contributed by atoms with Crippen LogP contribution in [-0.2, 0) is 22.4 Å². The van der Waals surface area contributed by atoms with Gasteiger partial charge >= 0.3 is 5.97 Å². The Hall–Kier alpha value is -3.56. The summed E-state index contributed by atoms with van der Waals surface area (Å²) in [6.45, 7) is 6.14. The van der Waals surface area contributed by atoms with Crippen molar-refractivity contribution in [3.63, 3.8) is 0 Å². The third-order valence-electron chi connectivity index (χ3n) is 6.69. The summed E-state index contributed by atoms with van der Waals surface area (Å²) in [5.74, 6) is 1.04. The molecule has 206 valence electrons. The molecule has 0 saturated heterocycles. The van der Waals surface area contributed by atoms with Gasteiger partial charge in [0.25, 0.3) is 0 Å². The van der Waals surface area contributed by atoms with Crippen LogP contribution < -0.4 is 0 Å². The zero-order valence-corrected chi connectivity index (χ0v) is 23.9. The van der Waals surface area contributed by atoms with E-state index in [0.717, 1.165) is 47.3 Å². The number of nitrogens with zero attached hydrogens (tertiary/aromatic N) is 5. The number of unbranched alkanes of at least 4 members (excludes halogenated alkanes) is 1. The van der Waals surface area contributed by atoms with Crippen LogP contribution in [-0.4, -0.2) is 61.6 Å². The molecule has 0 amide bonds. The number of ether oxygens (including phenoxy) is 1. The first-order valence-corrected chi connectivity index (χ1v) is 13.7. The summed E-state index contributed by atoms with van der Waals surface area (Å²) in [5, 5.41) is 15.1. The van der Waals surface area contributed by atoms with Crippen LogP contribution in [0, 0.1) is 5.92 Å². The number of hydrogen-bond acceptors (Lipinski definition) is 7. The first-order chi connectivity index (χ1) is 18.8. The van der Waals surface area contributed by atoms with Gasteiger partial charge in [-0.05, 0) is 54.4 Å². The molecule has 2 N–H and O–H groups in total. The number of likely N-dealkylation sites (N-methyl/N-ethyl adjacent to an activating group) is 1. The fourth-order valence-electron chi connectivity index (χ4n) is 4.84. The van der Waals surface area contributed by atoms with Gasteiger partial charge in [-0.2, -0.15) is 5.21 Å². The van der Waals surface area contributed by atoms with E-state index in [1.165, 1.54) is 0 Å². The molecular weight excluding hydrogens is 514 g/mol. The highest BCUT2D eigenvalue weighted by Gasteiger charge is 2.31. The zero-order valence-electron chi connectivity index (χ0n) is 23.1. The van der Waals surface area contributed by atoms with Gasteiger partial charge in [0.1, 0.15) is 18.0 Å². The molecule has 0 fully saturated rings. The van der Waals surface area contributed by atoms with Crippen molar-refractivity contribution in [3.8, 4) is 22.5 Å². The van der Waals surface area contributed by atoms with E-state index in [4.69, 9.17) is 16.3 Å². The van der Waals surface area contributed by atoms with Crippen LogP contribution in [0.3, 0.4) is 0 Å². The van der Waals surface area contributed by atoms with Crippen LogP contribution in [0.4, 0.5) is 0 Å². The molecule has 9 nitrogen and oxygen atoms in total. The molecule has 4 aromatic rings. The Balaban J connectivity index is 1.72. The molecule has 0 spiro atoms. The molecule has 0 bridgehead atoms. The molecule has 4 rings (SSSR count). The Bertz CT molecular complexity index is 1350. The first kappa shape index (κ1) is 28.4. The van der Waals surface area contributed by atoms with Crippen LogP contribution >= 0.6 is 11.6 Å². The van der Waals surface area contributed by atoms with E-state index >= 15 is 0 Å². The van der Waals surface area contributed by atoms with E-state index in [1.807, 2.05) is 81.4 Å². The number of nitrogens with one attached hydrogen (secondary N) is 2. The zero-order chi connectivity index (χ0) is 27.9. The van der Waals surface area contributed by atoms with Crippen molar-refractivity contribution in [2.24, 2.45) is 5.92 Å². The third-order valence-corrected chi connectivity index (χ3v) is 6.98. The number of aromatic amines is 2. The van der Waals surface area contributed by atoms with Crippen molar-refractivity contribution < 1.29 is 9.53 Å². The van der Waals surface area contributed by atoms with Gasteiger partial charge in [-0.1, -0.05) is 81.3 Å². The van der Waals surface area contributed by atoms with Crippen molar-refractivity contribution in [3.05, 3.63) is 70.8 Å².